The van der Waals surface area contributed by atoms with Crippen molar-refractivity contribution in [2.75, 3.05) is 5.32 Å². The molecule has 0 aliphatic rings. The second kappa shape index (κ2) is 10.3. The molecule has 0 spiro atoms. The number of hydrogen-bond acceptors (Lipinski definition) is 4. The number of benzene rings is 2. The second-order valence-corrected chi connectivity index (χ2v) is 6.99. The largest absolute Gasteiger partial charge is 0.491 e. The van der Waals surface area contributed by atoms with Crippen molar-refractivity contribution in [2.45, 2.75) is 40.2 Å². The Labute approximate surface area is 170 Å². The third-order valence-corrected chi connectivity index (χ3v) is 4.26. The Morgan fingerprint density at radius 3 is 1.76 bits per heavy atom. The highest BCUT2D eigenvalue weighted by Gasteiger charge is 2.11. The Morgan fingerprint density at radius 2 is 1.31 bits per heavy atom. The Balaban J connectivity index is 1.88. The Hall–Kier alpha value is -3.35. The first-order chi connectivity index (χ1) is 13.8. The molecule has 3 amide bonds. The Kier molecular flexibility index (Phi) is 7.77. The monoisotopic (exact) mass is 397 g/mol. The zero-order valence-corrected chi connectivity index (χ0v) is 17.1. The topological polar surface area (TPSA) is 96.5 Å². The minimum absolute atomic E-state index is 0.0963. The predicted molar refractivity (Wildman–Crippen MR) is 112 cm³/mol. The minimum atomic E-state index is -0.461. The van der Waals surface area contributed by atoms with Gasteiger partial charge < -0.3 is 10.1 Å². The van der Waals surface area contributed by atoms with Crippen molar-refractivity contribution in [3.8, 4) is 5.75 Å². The fourth-order valence-electron chi connectivity index (χ4n) is 2.25. The third-order valence-electron chi connectivity index (χ3n) is 4.26. The van der Waals surface area contributed by atoms with E-state index >= 15 is 0 Å². The first-order valence-corrected chi connectivity index (χ1v) is 9.58. The number of ether oxygens (including phenoxy) is 1. The van der Waals surface area contributed by atoms with Crippen LogP contribution in [-0.4, -0.2) is 23.8 Å². The van der Waals surface area contributed by atoms with Gasteiger partial charge in [-0.3, -0.25) is 25.2 Å². The summed E-state index contributed by atoms with van der Waals surface area (Å²) in [5.74, 6) is -0.449. The van der Waals surface area contributed by atoms with Crippen LogP contribution in [0.15, 0.2) is 48.5 Å². The van der Waals surface area contributed by atoms with Crippen LogP contribution in [0.4, 0.5) is 5.69 Å². The van der Waals surface area contributed by atoms with Gasteiger partial charge in [-0.05, 0) is 61.9 Å². The molecule has 7 heteroatoms. The van der Waals surface area contributed by atoms with Crippen LogP contribution in [0.2, 0.25) is 0 Å². The van der Waals surface area contributed by atoms with Gasteiger partial charge >= 0.3 is 0 Å². The average molecular weight is 397 g/mol. The van der Waals surface area contributed by atoms with Gasteiger partial charge in [-0.25, -0.2) is 0 Å². The molecule has 1 atom stereocenters. The Bertz CT molecular complexity index is 845. The summed E-state index contributed by atoms with van der Waals surface area (Å²) in [6.45, 7) is 7.60. The van der Waals surface area contributed by atoms with Crippen LogP contribution in [0, 0.1) is 5.92 Å². The molecule has 2 aromatic carbocycles. The van der Waals surface area contributed by atoms with E-state index in [1.54, 1.807) is 62.4 Å². The number of carbonyl (C=O) groups is 3. The van der Waals surface area contributed by atoms with Crippen molar-refractivity contribution >= 4 is 23.4 Å². The van der Waals surface area contributed by atoms with E-state index in [0.29, 0.717) is 22.6 Å². The zero-order chi connectivity index (χ0) is 21.4. The van der Waals surface area contributed by atoms with Crippen LogP contribution in [0.5, 0.6) is 5.75 Å². The number of amides is 3. The number of hydrazine groups is 1. The molecule has 29 heavy (non-hydrogen) atoms. The van der Waals surface area contributed by atoms with Crippen molar-refractivity contribution in [1.29, 1.82) is 0 Å². The summed E-state index contributed by atoms with van der Waals surface area (Å²) >= 11 is 0. The number of carbonyl (C=O) groups excluding carboxylic acids is 3. The predicted octanol–water partition coefficient (Wildman–Crippen LogP) is 3.53. The molecule has 3 N–H and O–H groups in total. The third kappa shape index (κ3) is 6.64. The molecule has 0 heterocycles. The van der Waals surface area contributed by atoms with Gasteiger partial charge in [0.1, 0.15) is 5.75 Å². The molecule has 0 aliphatic carbocycles. The maximum Gasteiger partial charge on any atom is 0.269 e. The lowest BCUT2D eigenvalue weighted by atomic mass is 10.1. The molecule has 2 aromatic rings. The van der Waals surface area contributed by atoms with Crippen molar-refractivity contribution in [3.05, 3.63) is 59.7 Å². The van der Waals surface area contributed by atoms with E-state index in [-0.39, 0.29) is 17.9 Å². The molecular formula is C22H27N3O4. The molecule has 0 aromatic heterocycles. The number of hydrogen-bond donors (Lipinski definition) is 3. The number of anilines is 1. The standard InChI is InChI=1S/C22H27N3O4/c1-5-15(4)29-19-12-8-17(9-13-19)22(28)25-24-21(27)16-6-10-18(11-7-16)23-20(26)14(2)3/h6-15H,5H2,1-4H3,(H,23,26)(H,24,27)(H,25,28). The summed E-state index contributed by atoms with van der Waals surface area (Å²) in [5.41, 5.74) is 6.11. The van der Waals surface area contributed by atoms with E-state index in [1.807, 2.05) is 13.8 Å². The molecule has 7 nitrogen and oxygen atoms in total. The molecule has 2 rings (SSSR count). The molecule has 0 fully saturated rings. The first kappa shape index (κ1) is 21.9. The summed E-state index contributed by atoms with van der Waals surface area (Å²) < 4.78 is 5.67. The molecule has 0 bridgehead atoms. The fourth-order valence-corrected chi connectivity index (χ4v) is 2.25. The van der Waals surface area contributed by atoms with Crippen LogP contribution < -0.4 is 20.9 Å². The molecule has 1 unspecified atom stereocenters. The van der Waals surface area contributed by atoms with E-state index in [0.717, 1.165) is 6.42 Å². The number of rotatable bonds is 7. The molecule has 0 radical (unpaired) electrons. The van der Waals surface area contributed by atoms with Gasteiger partial charge in [0.15, 0.2) is 0 Å². The van der Waals surface area contributed by atoms with E-state index in [9.17, 15) is 14.4 Å². The summed E-state index contributed by atoms with van der Waals surface area (Å²) in [6.07, 6.45) is 0.985. The van der Waals surface area contributed by atoms with Crippen LogP contribution in [0.1, 0.15) is 54.8 Å². The maximum absolute atomic E-state index is 12.2. The smallest absolute Gasteiger partial charge is 0.269 e. The highest BCUT2D eigenvalue weighted by molar-refractivity contribution is 5.99. The molecule has 0 aliphatic heterocycles. The van der Waals surface area contributed by atoms with E-state index < -0.39 is 11.8 Å². The van der Waals surface area contributed by atoms with Crippen LogP contribution >= 0.6 is 0 Å². The van der Waals surface area contributed by atoms with Gasteiger partial charge in [0, 0.05) is 22.7 Å². The summed E-state index contributed by atoms with van der Waals surface area (Å²) in [7, 11) is 0. The lowest BCUT2D eigenvalue weighted by molar-refractivity contribution is -0.118. The van der Waals surface area contributed by atoms with Gasteiger partial charge in [-0.2, -0.15) is 0 Å². The lowest BCUT2D eigenvalue weighted by Gasteiger charge is -2.13. The highest BCUT2D eigenvalue weighted by atomic mass is 16.5. The van der Waals surface area contributed by atoms with Gasteiger partial charge in [0.05, 0.1) is 6.10 Å². The summed E-state index contributed by atoms with van der Waals surface area (Å²) in [4.78, 5) is 36.1. The normalized spacial score (nSPS) is 11.5. The molecule has 154 valence electrons. The zero-order valence-electron chi connectivity index (χ0n) is 17.1. The van der Waals surface area contributed by atoms with E-state index in [4.69, 9.17) is 4.74 Å². The summed E-state index contributed by atoms with van der Waals surface area (Å²) in [5, 5.41) is 2.75. The Morgan fingerprint density at radius 1 is 0.828 bits per heavy atom. The highest BCUT2D eigenvalue weighted by Crippen LogP contribution is 2.15. The van der Waals surface area contributed by atoms with E-state index in [1.165, 1.54) is 0 Å². The molecule has 0 saturated heterocycles. The minimum Gasteiger partial charge on any atom is -0.491 e. The first-order valence-electron chi connectivity index (χ1n) is 9.58. The SMILES string of the molecule is CCC(C)Oc1ccc(C(=O)NNC(=O)c2ccc(NC(=O)C(C)C)cc2)cc1. The van der Waals surface area contributed by atoms with Gasteiger partial charge in [-0.15, -0.1) is 0 Å². The summed E-state index contributed by atoms with van der Waals surface area (Å²) in [6, 6.07) is 13.1. The quantitative estimate of drug-likeness (QED) is 0.623. The van der Waals surface area contributed by atoms with Crippen LogP contribution in [-0.2, 0) is 4.79 Å². The van der Waals surface area contributed by atoms with Crippen LogP contribution in [0.25, 0.3) is 0 Å². The average Bonchev–Trinajstić information content (AvgIpc) is 2.72. The maximum atomic E-state index is 12.2. The fraction of sp³-hybridized carbons (Fsp3) is 0.318. The van der Waals surface area contributed by atoms with Crippen molar-refractivity contribution in [3.63, 3.8) is 0 Å². The van der Waals surface area contributed by atoms with Gasteiger partial charge in [-0.1, -0.05) is 20.8 Å². The molecular weight excluding hydrogens is 370 g/mol. The van der Waals surface area contributed by atoms with Gasteiger partial charge in [0.25, 0.3) is 11.8 Å². The number of nitrogens with one attached hydrogen (secondary N) is 3. The van der Waals surface area contributed by atoms with Crippen molar-refractivity contribution < 1.29 is 19.1 Å². The van der Waals surface area contributed by atoms with Gasteiger partial charge in [0.2, 0.25) is 5.91 Å². The van der Waals surface area contributed by atoms with Crippen LogP contribution in [0.3, 0.4) is 0 Å². The van der Waals surface area contributed by atoms with E-state index in [2.05, 4.69) is 16.2 Å². The molecule has 0 saturated carbocycles. The van der Waals surface area contributed by atoms with Crippen molar-refractivity contribution in [1.82, 2.24) is 10.9 Å². The second-order valence-electron chi connectivity index (χ2n) is 6.99. The van der Waals surface area contributed by atoms with Crippen molar-refractivity contribution in [2.24, 2.45) is 5.92 Å². The lowest BCUT2D eigenvalue weighted by Crippen LogP contribution is -2.41.